The summed E-state index contributed by atoms with van der Waals surface area (Å²) in [6, 6.07) is 0. The summed E-state index contributed by atoms with van der Waals surface area (Å²) in [6.07, 6.45) is 4.37. The van der Waals surface area contributed by atoms with E-state index in [2.05, 4.69) is 67.5 Å². The molecule has 5 heterocycles. The van der Waals surface area contributed by atoms with E-state index in [-0.39, 0.29) is 5.41 Å². The van der Waals surface area contributed by atoms with Gasteiger partial charge in [0, 0.05) is 11.8 Å². The number of rotatable bonds is 1. The number of hydrogen-bond donors (Lipinski definition) is 0. The van der Waals surface area contributed by atoms with Crippen molar-refractivity contribution in [3.63, 3.8) is 0 Å². The van der Waals surface area contributed by atoms with E-state index in [9.17, 15) is 0 Å². The van der Waals surface area contributed by atoms with Gasteiger partial charge in [-0.1, -0.05) is 12.8 Å². The third kappa shape index (κ3) is 2.42. The lowest BCUT2D eigenvalue weighted by molar-refractivity contribution is 0.322. The molecule has 4 saturated heterocycles. The Hall–Kier alpha value is -0.450. The molecule has 0 aliphatic carbocycles. The summed E-state index contributed by atoms with van der Waals surface area (Å²) in [5, 5.41) is 16.2. The highest BCUT2D eigenvalue weighted by Gasteiger charge is 2.52. The molecule has 4 aliphatic rings. The normalized spacial score (nSPS) is 37.5. The third-order valence-electron chi connectivity index (χ3n) is 3.86. The quantitative estimate of drug-likeness (QED) is 0.736. The molecule has 4 fully saturated rings. The maximum absolute atomic E-state index is 4.05. The van der Waals surface area contributed by atoms with Gasteiger partial charge in [0.05, 0.1) is 13.7 Å². The van der Waals surface area contributed by atoms with E-state index in [1.807, 2.05) is 6.92 Å². The Balaban J connectivity index is 1.58. The summed E-state index contributed by atoms with van der Waals surface area (Å²) in [7, 11) is 0. The van der Waals surface area contributed by atoms with Gasteiger partial charge in [0.15, 0.2) is 5.82 Å². The van der Waals surface area contributed by atoms with E-state index in [1.54, 1.807) is 0 Å². The molecule has 4 nitrogen and oxygen atoms in total. The second-order valence-electron chi connectivity index (χ2n) is 5.33. The average molecular weight is 322 g/mol. The molecule has 20 heavy (non-hydrogen) atoms. The van der Waals surface area contributed by atoms with Crippen LogP contribution in [0.3, 0.4) is 0 Å². The van der Waals surface area contributed by atoms with E-state index < -0.39 is 0 Å². The van der Waals surface area contributed by atoms with Gasteiger partial charge in [0.2, 0.25) is 5.82 Å². The summed E-state index contributed by atoms with van der Waals surface area (Å²) >= 11 is 6.40. The molecule has 0 amide bonds. The maximum atomic E-state index is 4.05. The molecule has 0 saturated carbocycles. The Bertz CT molecular complexity index is 542. The second kappa shape index (κ2) is 5.08. The van der Waals surface area contributed by atoms with Gasteiger partial charge >= 0.3 is 0 Å². The minimum absolute atomic E-state index is 0.189. The Morgan fingerprint density at radius 1 is 1.00 bits per heavy atom. The molecule has 1 aromatic rings. The van der Waals surface area contributed by atoms with Gasteiger partial charge in [-0.2, -0.15) is 0 Å². The lowest BCUT2D eigenvalue weighted by Crippen LogP contribution is -2.43. The Labute approximate surface area is 131 Å². The van der Waals surface area contributed by atoms with Crippen LogP contribution in [-0.4, -0.2) is 34.1 Å². The van der Waals surface area contributed by atoms with Crippen LogP contribution in [0, 0.1) is 17.3 Å². The Morgan fingerprint density at radius 2 is 1.55 bits per heavy atom. The minimum Gasteiger partial charge on any atom is -0.133 e. The van der Waals surface area contributed by atoms with Crippen molar-refractivity contribution in [3.05, 3.63) is 11.6 Å². The molecule has 0 atom stereocenters. The lowest BCUT2D eigenvalue weighted by Gasteiger charge is -2.52. The van der Waals surface area contributed by atoms with Crippen molar-refractivity contribution in [2.45, 2.75) is 46.4 Å². The fourth-order valence-electron chi connectivity index (χ4n) is 2.88. The third-order valence-corrected chi connectivity index (χ3v) is 8.68. The fourth-order valence-corrected chi connectivity index (χ4v) is 10.2. The fraction of sp³-hybridized carbons (Fsp3) is 0.692. The number of hydrogen-bond acceptors (Lipinski definition) is 7. The largest absolute Gasteiger partial charge is 0.246 e. The lowest BCUT2D eigenvalue weighted by atomic mass is 9.79. The van der Waals surface area contributed by atoms with Crippen LogP contribution in [-0.2, 0) is 6.42 Å². The van der Waals surface area contributed by atoms with E-state index in [4.69, 9.17) is 0 Å². The molecule has 104 valence electrons. The van der Waals surface area contributed by atoms with Gasteiger partial charge in [-0.15, -0.1) is 55.7 Å². The van der Waals surface area contributed by atoms with E-state index in [0.717, 1.165) is 20.2 Å². The van der Waals surface area contributed by atoms with Crippen molar-refractivity contribution in [2.24, 2.45) is 5.41 Å². The summed E-state index contributed by atoms with van der Waals surface area (Å²) in [5.41, 5.74) is 0.189. The summed E-state index contributed by atoms with van der Waals surface area (Å²) in [4.78, 5) is 0. The summed E-state index contributed by atoms with van der Waals surface area (Å²) < 4.78 is 2.22. The van der Waals surface area contributed by atoms with Crippen LogP contribution >= 0.6 is 35.3 Å². The molecule has 4 aliphatic heterocycles. The van der Waals surface area contributed by atoms with Crippen LogP contribution in [0.4, 0.5) is 0 Å². The standard InChI is InChI=1S/C13H14N4S3/c1-2-8-14-16-9(17-15-8)3-4-13-5-10-18-11(6-13)20-12(7-13)19-10/h10-12H,2,5-7H2,1H3. The molecule has 0 unspecified atom stereocenters. The van der Waals surface area contributed by atoms with Crippen molar-refractivity contribution in [1.82, 2.24) is 20.4 Å². The highest BCUT2D eigenvalue weighted by atomic mass is 32.3. The van der Waals surface area contributed by atoms with E-state index in [0.29, 0.717) is 11.6 Å². The van der Waals surface area contributed by atoms with Crippen LogP contribution in [0.5, 0.6) is 0 Å². The molecule has 1 aromatic heterocycles. The van der Waals surface area contributed by atoms with Crippen LogP contribution in [0.15, 0.2) is 0 Å². The average Bonchev–Trinajstić information content (AvgIpc) is 2.44. The Morgan fingerprint density at radius 3 is 2.05 bits per heavy atom. The zero-order valence-electron chi connectivity index (χ0n) is 11.1. The SMILES string of the molecule is CCc1nnc(C#CC23CC4SC(C2)SC(C3)S4)nn1. The van der Waals surface area contributed by atoms with Crippen molar-refractivity contribution in [1.29, 1.82) is 0 Å². The highest BCUT2D eigenvalue weighted by molar-refractivity contribution is 8.33. The first-order valence-corrected chi connectivity index (χ1v) is 9.63. The van der Waals surface area contributed by atoms with Gasteiger partial charge in [0.25, 0.3) is 0 Å². The van der Waals surface area contributed by atoms with Crippen molar-refractivity contribution in [2.75, 3.05) is 0 Å². The molecule has 0 spiro atoms. The first-order valence-electron chi connectivity index (χ1n) is 6.80. The molecule has 0 radical (unpaired) electrons. The number of aromatic nitrogens is 4. The van der Waals surface area contributed by atoms with Crippen molar-refractivity contribution >= 4 is 35.3 Å². The summed E-state index contributed by atoms with van der Waals surface area (Å²) in [6.45, 7) is 1.99. The zero-order valence-corrected chi connectivity index (χ0v) is 13.5. The maximum Gasteiger partial charge on any atom is 0.246 e. The van der Waals surface area contributed by atoms with E-state index in [1.165, 1.54) is 19.3 Å². The smallest absolute Gasteiger partial charge is 0.133 e. The van der Waals surface area contributed by atoms with Gasteiger partial charge in [-0.25, -0.2) is 0 Å². The first kappa shape index (κ1) is 13.2. The monoisotopic (exact) mass is 322 g/mol. The molecular weight excluding hydrogens is 308 g/mol. The second-order valence-corrected chi connectivity index (χ2v) is 10.5. The molecule has 5 rings (SSSR count). The molecule has 4 bridgehead atoms. The Kier molecular flexibility index (Phi) is 3.36. The molecule has 0 N–H and O–H groups in total. The van der Waals surface area contributed by atoms with E-state index >= 15 is 0 Å². The molecule has 0 aromatic carbocycles. The predicted octanol–water partition coefficient (Wildman–Crippen LogP) is 2.56. The van der Waals surface area contributed by atoms with Crippen molar-refractivity contribution in [3.8, 4) is 11.8 Å². The first-order chi connectivity index (χ1) is 9.75. The highest BCUT2D eigenvalue weighted by Crippen LogP contribution is 2.66. The molecular formula is C13H14N4S3. The molecule has 7 heteroatoms. The van der Waals surface area contributed by atoms with Crippen LogP contribution in [0.1, 0.15) is 37.8 Å². The minimum atomic E-state index is 0.189. The van der Waals surface area contributed by atoms with Gasteiger partial charge in [0.1, 0.15) is 0 Å². The number of aryl methyl sites for hydroxylation is 1. The topological polar surface area (TPSA) is 51.6 Å². The van der Waals surface area contributed by atoms with Crippen LogP contribution in [0.2, 0.25) is 0 Å². The zero-order chi connectivity index (χ0) is 13.6. The van der Waals surface area contributed by atoms with Gasteiger partial charge in [-0.05, 0) is 25.2 Å². The van der Waals surface area contributed by atoms with Crippen LogP contribution in [0.25, 0.3) is 0 Å². The predicted molar refractivity (Wildman–Crippen MR) is 84.3 cm³/mol. The summed E-state index contributed by atoms with van der Waals surface area (Å²) in [5.74, 6) is 7.75. The number of nitrogens with zero attached hydrogens (tertiary/aromatic N) is 4. The van der Waals surface area contributed by atoms with Crippen LogP contribution < -0.4 is 0 Å². The van der Waals surface area contributed by atoms with Crippen molar-refractivity contribution < 1.29 is 0 Å². The number of thioether (sulfide) groups is 3. The van der Waals surface area contributed by atoms with Gasteiger partial charge in [-0.3, -0.25) is 0 Å². The van der Waals surface area contributed by atoms with Gasteiger partial charge < -0.3 is 0 Å².